The molecule has 0 radical (unpaired) electrons. The highest BCUT2D eigenvalue weighted by Gasteiger charge is 2.30. The fraction of sp³-hybridized carbons (Fsp3) is 0.476. The number of ether oxygens (including phenoxy) is 1. The molecule has 0 spiro atoms. The van der Waals surface area contributed by atoms with E-state index >= 15 is 0 Å². The van der Waals surface area contributed by atoms with E-state index in [1.54, 1.807) is 6.92 Å². The predicted molar refractivity (Wildman–Crippen MR) is 98.7 cm³/mol. The van der Waals surface area contributed by atoms with Gasteiger partial charge in [-0.15, -0.1) is 0 Å². The Kier molecular flexibility index (Phi) is 6.00. The molecule has 1 unspecified atom stereocenters. The summed E-state index contributed by atoms with van der Waals surface area (Å²) in [5.41, 5.74) is 1.83. The van der Waals surface area contributed by atoms with Gasteiger partial charge in [0.15, 0.2) is 0 Å². The zero-order chi connectivity index (χ0) is 17.7. The van der Waals surface area contributed by atoms with Crippen LogP contribution in [0.1, 0.15) is 45.3 Å². The van der Waals surface area contributed by atoms with Crippen LogP contribution in [0.25, 0.3) is 0 Å². The Morgan fingerprint density at radius 3 is 2.50 bits per heavy atom. The highest BCUT2D eigenvalue weighted by atomic mass is 16.5. The molecule has 3 heteroatoms. The Bertz CT molecular complexity index is 630. The van der Waals surface area contributed by atoms with E-state index in [0.29, 0.717) is 6.42 Å². The molecule has 0 saturated heterocycles. The summed E-state index contributed by atoms with van der Waals surface area (Å²) >= 11 is 0. The summed E-state index contributed by atoms with van der Waals surface area (Å²) in [6.07, 6.45) is 5.77. The van der Waals surface area contributed by atoms with E-state index in [2.05, 4.69) is 43.3 Å². The van der Waals surface area contributed by atoms with Gasteiger partial charge in [-0.3, -0.25) is 4.79 Å². The second kappa shape index (κ2) is 7.80. The first kappa shape index (κ1) is 18.5. The monoisotopic (exact) mass is 327 g/mol. The van der Waals surface area contributed by atoms with Crippen molar-refractivity contribution in [3.8, 4) is 0 Å². The summed E-state index contributed by atoms with van der Waals surface area (Å²) < 4.78 is 6.37. The van der Waals surface area contributed by atoms with Crippen molar-refractivity contribution < 1.29 is 9.53 Å². The summed E-state index contributed by atoms with van der Waals surface area (Å²) in [7, 11) is 4.15. The van der Waals surface area contributed by atoms with Crippen LogP contribution in [0.2, 0.25) is 0 Å². The smallest absolute Gasteiger partial charge is 0.139 e. The van der Waals surface area contributed by atoms with Crippen LogP contribution in [0.5, 0.6) is 0 Å². The van der Waals surface area contributed by atoms with Gasteiger partial charge < -0.3 is 9.64 Å². The van der Waals surface area contributed by atoms with Gasteiger partial charge in [-0.25, -0.2) is 0 Å². The van der Waals surface area contributed by atoms with E-state index < -0.39 is 5.41 Å². The molecular formula is C21H29NO2. The van der Waals surface area contributed by atoms with Crippen LogP contribution in [0.3, 0.4) is 0 Å². The molecule has 24 heavy (non-hydrogen) atoms. The molecule has 1 aromatic carbocycles. The van der Waals surface area contributed by atoms with Crippen molar-refractivity contribution in [3.05, 3.63) is 59.4 Å². The third-order valence-electron chi connectivity index (χ3n) is 4.72. The van der Waals surface area contributed by atoms with Crippen LogP contribution in [0.15, 0.2) is 53.8 Å². The molecule has 130 valence electrons. The Morgan fingerprint density at radius 1 is 1.29 bits per heavy atom. The molecule has 1 aliphatic rings. The number of benzene rings is 1. The number of carbonyl (C=O) groups excluding carboxylic acids is 1. The molecule has 0 fully saturated rings. The van der Waals surface area contributed by atoms with Crippen LogP contribution in [0, 0.1) is 5.41 Å². The Balaban J connectivity index is 2.17. The van der Waals surface area contributed by atoms with Crippen LogP contribution in [0.4, 0.5) is 0 Å². The number of Topliss-reactive ketones (excluding diaryl/α,β-unsaturated/α-hetero) is 1. The second-order valence-corrected chi connectivity index (χ2v) is 7.18. The third kappa shape index (κ3) is 4.57. The minimum atomic E-state index is -0.400. The molecule has 1 aliphatic carbocycles. The zero-order valence-electron chi connectivity index (χ0n) is 15.5. The second-order valence-electron chi connectivity index (χ2n) is 7.18. The first-order valence-electron chi connectivity index (χ1n) is 8.59. The quantitative estimate of drug-likeness (QED) is 0.737. The lowest BCUT2D eigenvalue weighted by Crippen LogP contribution is -2.26. The van der Waals surface area contributed by atoms with Crippen molar-refractivity contribution in [2.75, 3.05) is 20.6 Å². The van der Waals surface area contributed by atoms with E-state index in [4.69, 9.17) is 4.74 Å². The topological polar surface area (TPSA) is 29.5 Å². The van der Waals surface area contributed by atoms with Crippen molar-refractivity contribution in [3.63, 3.8) is 0 Å². The molecule has 0 bridgehead atoms. The maximum absolute atomic E-state index is 11.9. The summed E-state index contributed by atoms with van der Waals surface area (Å²) in [4.78, 5) is 14.0. The summed E-state index contributed by atoms with van der Waals surface area (Å²) in [6, 6.07) is 10.3. The lowest BCUT2D eigenvalue weighted by atomic mass is 9.78. The highest BCUT2D eigenvalue weighted by molar-refractivity contribution is 5.84. The predicted octanol–water partition coefficient (Wildman–Crippen LogP) is 4.53. The molecule has 0 heterocycles. The van der Waals surface area contributed by atoms with Gasteiger partial charge in [-0.1, -0.05) is 36.4 Å². The number of ketones is 1. The number of nitrogens with zero attached hydrogens (tertiary/aromatic N) is 1. The van der Waals surface area contributed by atoms with E-state index in [1.165, 1.54) is 5.56 Å². The van der Waals surface area contributed by atoms with Crippen molar-refractivity contribution in [1.82, 2.24) is 4.90 Å². The van der Waals surface area contributed by atoms with Gasteiger partial charge in [0.05, 0.1) is 0 Å². The molecular weight excluding hydrogens is 298 g/mol. The SMILES string of the molecule is CC(=O)C1(C)C=C(C)C(O[C@H](CCN(C)C)c2ccccc2)=CC1. The largest absolute Gasteiger partial charge is 0.486 e. The van der Waals surface area contributed by atoms with Gasteiger partial charge in [0.2, 0.25) is 0 Å². The van der Waals surface area contributed by atoms with Gasteiger partial charge >= 0.3 is 0 Å². The maximum Gasteiger partial charge on any atom is 0.139 e. The zero-order valence-corrected chi connectivity index (χ0v) is 15.5. The minimum absolute atomic E-state index is 0.0184. The first-order chi connectivity index (χ1) is 11.3. The fourth-order valence-corrected chi connectivity index (χ4v) is 2.95. The normalized spacial score (nSPS) is 21.9. The molecule has 2 atom stereocenters. The number of hydrogen-bond donors (Lipinski definition) is 0. The van der Waals surface area contributed by atoms with E-state index in [-0.39, 0.29) is 11.9 Å². The Hall–Kier alpha value is -1.87. The Labute approximate surface area is 146 Å². The molecule has 3 nitrogen and oxygen atoms in total. The average molecular weight is 327 g/mol. The van der Waals surface area contributed by atoms with Gasteiger partial charge in [0.25, 0.3) is 0 Å². The first-order valence-corrected chi connectivity index (χ1v) is 8.59. The van der Waals surface area contributed by atoms with Crippen LogP contribution < -0.4 is 0 Å². The van der Waals surface area contributed by atoms with Crippen LogP contribution >= 0.6 is 0 Å². The van der Waals surface area contributed by atoms with Crippen LogP contribution in [-0.2, 0) is 9.53 Å². The number of carbonyl (C=O) groups is 1. The number of allylic oxidation sites excluding steroid dienone is 3. The average Bonchev–Trinajstić information content (AvgIpc) is 2.54. The maximum atomic E-state index is 11.9. The van der Waals surface area contributed by atoms with Gasteiger partial charge in [-0.05, 0) is 58.5 Å². The number of rotatable bonds is 7. The standard InChI is InChI=1S/C21H29NO2/c1-16-15-21(3,17(2)23)13-11-19(16)24-20(12-14-22(4)5)18-9-7-6-8-10-18/h6-11,15,20H,12-14H2,1-5H3/t20-,21?/m1/s1. The minimum Gasteiger partial charge on any atom is -0.486 e. The van der Waals surface area contributed by atoms with E-state index in [9.17, 15) is 4.79 Å². The molecule has 0 aromatic heterocycles. The molecule has 0 saturated carbocycles. The molecule has 2 rings (SSSR count). The lowest BCUT2D eigenvalue weighted by molar-refractivity contribution is -0.123. The van der Waals surface area contributed by atoms with Crippen LogP contribution in [-0.4, -0.2) is 31.3 Å². The fourth-order valence-electron chi connectivity index (χ4n) is 2.95. The molecule has 0 amide bonds. The van der Waals surface area contributed by atoms with Gasteiger partial charge in [0.1, 0.15) is 17.6 Å². The highest BCUT2D eigenvalue weighted by Crippen LogP contribution is 2.36. The lowest BCUT2D eigenvalue weighted by Gasteiger charge is -2.30. The van der Waals surface area contributed by atoms with Gasteiger partial charge in [0, 0.05) is 18.4 Å². The van der Waals surface area contributed by atoms with Gasteiger partial charge in [-0.2, -0.15) is 0 Å². The van der Waals surface area contributed by atoms with Crippen molar-refractivity contribution in [2.24, 2.45) is 5.41 Å². The summed E-state index contributed by atoms with van der Waals surface area (Å²) in [5, 5.41) is 0. The molecule has 0 N–H and O–H groups in total. The summed E-state index contributed by atoms with van der Waals surface area (Å²) in [5.74, 6) is 1.10. The third-order valence-corrected chi connectivity index (χ3v) is 4.72. The van der Waals surface area contributed by atoms with E-state index in [0.717, 1.165) is 24.3 Å². The summed E-state index contributed by atoms with van der Waals surface area (Å²) in [6.45, 7) is 6.64. The van der Waals surface area contributed by atoms with E-state index in [1.807, 2.05) is 32.0 Å². The molecule has 1 aromatic rings. The van der Waals surface area contributed by atoms with Crippen molar-refractivity contribution in [1.29, 1.82) is 0 Å². The molecule has 0 aliphatic heterocycles. The number of hydrogen-bond acceptors (Lipinski definition) is 3. The van der Waals surface area contributed by atoms with Crippen molar-refractivity contribution >= 4 is 5.78 Å². The Morgan fingerprint density at radius 2 is 1.96 bits per heavy atom. The van der Waals surface area contributed by atoms with Crippen molar-refractivity contribution in [2.45, 2.75) is 39.7 Å².